The van der Waals surface area contributed by atoms with E-state index in [9.17, 15) is 4.39 Å². The van der Waals surface area contributed by atoms with Crippen LogP contribution in [0.2, 0.25) is 5.15 Å². The molecule has 1 atom stereocenters. The molecule has 0 aliphatic rings. The van der Waals surface area contributed by atoms with Gasteiger partial charge in [0, 0.05) is 11.3 Å². The van der Waals surface area contributed by atoms with Crippen molar-refractivity contribution in [3.05, 3.63) is 46.9 Å². The van der Waals surface area contributed by atoms with Gasteiger partial charge in [-0.05, 0) is 24.6 Å². The number of rotatable bonds is 3. The van der Waals surface area contributed by atoms with Gasteiger partial charge in [0.2, 0.25) is 5.95 Å². The van der Waals surface area contributed by atoms with Gasteiger partial charge in [0.1, 0.15) is 16.0 Å². The largest absolute Gasteiger partial charge is 0.368 e. The topological polar surface area (TPSA) is 51.8 Å². The van der Waals surface area contributed by atoms with Crippen LogP contribution in [0, 0.1) is 5.82 Å². The summed E-state index contributed by atoms with van der Waals surface area (Å²) < 4.78 is 12.8. The summed E-state index contributed by atoms with van der Waals surface area (Å²) in [5, 5.41) is 1.14. The third-order valence-corrected chi connectivity index (χ3v) is 3.60. The molecule has 0 fully saturated rings. The van der Waals surface area contributed by atoms with Crippen LogP contribution < -0.4 is 5.73 Å². The first kappa shape index (κ1) is 13.1. The number of halogens is 2. The number of hydrogen-bond donors (Lipinski definition) is 1. The van der Waals surface area contributed by atoms with Crippen molar-refractivity contribution in [3.63, 3.8) is 0 Å². The van der Waals surface area contributed by atoms with Crippen molar-refractivity contribution in [1.29, 1.82) is 0 Å². The highest BCUT2D eigenvalue weighted by Gasteiger charge is 2.10. The lowest BCUT2D eigenvalue weighted by atomic mass is 10.2. The van der Waals surface area contributed by atoms with Crippen LogP contribution in [0.25, 0.3) is 0 Å². The highest BCUT2D eigenvalue weighted by Crippen LogP contribution is 2.34. The third kappa shape index (κ3) is 3.34. The van der Waals surface area contributed by atoms with E-state index in [-0.39, 0.29) is 17.0 Å². The Labute approximate surface area is 114 Å². The average molecular weight is 284 g/mol. The van der Waals surface area contributed by atoms with E-state index in [1.807, 2.05) is 6.92 Å². The second-order valence-electron chi connectivity index (χ2n) is 3.70. The second kappa shape index (κ2) is 5.54. The number of nitrogen functional groups attached to an aromatic ring is 1. The lowest BCUT2D eigenvalue weighted by Gasteiger charge is -2.11. The van der Waals surface area contributed by atoms with E-state index in [1.54, 1.807) is 18.2 Å². The molecule has 0 aliphatic heterocycles. The average Bonchev–Trinajstić information content (AvgIpc) is 2.28. The fraction of sp³-hybridized carbons (Fsp3) is 0.167. The number of aromatic nitrogens is 2. The normalized spacial score (nSPS) is 12.4. The zero-order chi connectivity index (χ0) is 13.1. The molecule has 2 N–H and O–H groups in total. The first-order chi connectivity index (χ1) is 8.54. The van der Waals surface area contributed by atoms with E-state index in [0.29, 0.717) is 10.2 Å². The molecule has 0 amide bonds. The van der Waals surface area contributed by atoms with Crippen molar-refractivity contribution in [2.24, 2.45) is 0 Å². The van der Waals surface area contributed by atoms with Crippen molar-refractivity contribution in [3.8, 4) is 0 Å². The van der Waals surface area contributed by atoms with Gasteiger partial charge in [-0.1, -0.05) is 35.5 Å². The summed E-state index contributed by atoms with van der Waals surface area (Å²) in [6.07, 6.45) is 0. The first-order valence-corrected chi connectivity index (χ1v) is 6.52. The Bertz CT molecular complexity index is 527. The molecule has 1 aromatic heterocycles. The summed E-state index contributed by atoms with van der Waals surface area (Å²) in [6.45, 7) is 2.00. The quantitative estimate of drug-likeness (QED) is 0.689. The summed E-state index contributed by atoms with van der Waals surface area (Å²) in [5.74, 6) is -0.0958. The van der Waals surface area contributed by atoms with E-state index in [0.717, 1.165) is 5.56 Å². The number of benzene rings is 1. The molecular weight excluding hydrogens is 273 g/mol. The minimum absolute atomic E-state index is 0.121. The predicted octanol–water partition coefficient (Wildman–Crippen LogP) is 3.70. The molecule has 18 heavy (non-hydrogen) atoms. The molecular formula is C12H11ClFN3S. The Morgan fingerprint density at radius 2 is 1.94 bits per heavy atom. The molecule has 94 valence electrons. The zero-order valence-electron chi connectivity index (χ0n) is 9.60. The van der Waals surface area contributed by atoms with Gasteiger partial charge in [-0.2, -0.15) is 0 Å². The Morgan fingerprint density at radius 3 is 2.56 bits per heavy atom. The fourth-order valence-electron chi connectivity index (χ4n) is 1.46. The lowest BCUT2D eigenvalue weighted by Crippen LogP contribution is -1.97. The van der Waals surface area contributed by atoms with Crippen molar-refractivity contribution in [1.82, 2.24) is 9.97 Å². The van der Waals surface area contributed by atoms with Gasteiger partial charge < -0.3 is 5.73 Å². The fourth-order valence-corrected chi connectivity index (χ4v) is 2.69. The molecule has 0 radical (unpaired) electrons. The van der Waals surface area contributed by atoms with Crippen LogP contribution in [0.5, 0.6) is 0 Å². The maximum Gasteiger partial charge on any atom is 0.222 e. The smallest absolute Gasteiger partial charge is 0.222 e. The molecule has 1 aromatic carbocycles. The van der Waals surface area contributed by atoms with Gasteiger partial charge in [-0.15, -0.1) is 0 Å². The zero-order valence-corrected chi connectivity index (χ0v) is 11.2. The van der Waals surface area contributed by atoms with Crippen LogP contribution in [-0.2, 0) is 0 Å². The van der Waals surface area contributed by atoms with Crippen LogP contribution in [0.1, 0.15) is 17.7 Å². The van der Waals surface area contributed by atoms with E-state index < -0.39 is 0 Å². The highest BCUT2D eigenvalue weighted by atomic mass is 35.5. The van der Waals surface area contributed by atoms with Crippen LogP contribution in [0.4, 0.5) is 10.3 Å². The van der Waals surface area contributed by atoms with E-state index >= 15 is 0 Å². The van der Waals surface area contributed by atoms with Crippen LogP contribution in [-0.4, -0.2) is 9.97 Å². The van der Waals surface area contributed by atoms with Gasteiger partial charge in [0.05, 0.1) is 0 Å². The van der Waals surface area contributed by atoms with E-state index in [2.05, 4.69) is 9.97 Å². The molecule has 1 unspecified atom stereocenters. The maximum absolute atomic E-state index is 12.8. The van der Waals surface area contributed by atoms with Crippen molar-refractivity contribution in [2.45, 2.75) is 17.2 Å². The SMILES string of the molecule is CC(Sc1cc(Cl)nc(N)n1)c1ccc(F)cc1. The molecule has 2 aromatic rings. The third-order valence-electron chi connectivity index (χ3n) is 2.33. The summed E-state index contributed by atoms with van der Waals surface area (Å²) in [5.41, 5.74) is 6.53. The Kier molecular flexibility index (Phi) is 4.04. The minimum atomic E-state index is -0.245. The maximum atomic E-state index is 12.8. The molecule has 0 spiro atoms. The summed E-state index contributed by atoms with van der Waals surface area (Å²) in [4.78, 5) is 7.88. The van der Waals surface area contributed by atoms with E-state index in [4.69, 9.17) is 17.3 Å². The monoisotopic (exact) mass is 283 g/mol. The standard InChI is InChI=1S/C12H11ClFN3S/c1-7(8-2-4-9(14)5-3-8)18-11-6-10(13)16-12(15)17-11/h2-7H,1H3,(H2,15,16,17). The molecule has 0 saturated carbocycles. The Morgan fingerprint density at radius 1 is 1.28 bits per heavy atom. The number of nitrogens with two attached hydrogens (primary N) is 1. The van der Waals surface area contributed by atoms with Gasteiger partial charge in [0.25, 0.3) is 0 Å². The predicted molar refractivity (Wildman–Crippen MR) is 72.1 cm³/mol. The molecule has 6 heteroatoms. The van der Waals surface area contributed by atoms with Crippen molar-refractivity contribution >= 4 is 29.3 Å². The molecule has 0 bridgehead atoms. The Hall–Kier alpha value is -1.33. The van der Waals surface area contributed by atoms with Gasteiger partial charge in [0.15, 0.2) is 0 Å². The number of anilines is 1. The van der Waals surface area contributed by atoms with Crippen LogP contribution >= 0.6 is 23.4 Å². The molecule has 2 rings (SSSR count). The van der Waals surface area contributed by atoms with Crippen LogP contribution in [0.3, 0.4) is 0 Å². The Balaban J connectivity index is 2.15. The summed E-state index contributed by atoms with van der Waals surface area (Å²) >= 11 is 7.30. The molecule has 3 nitrogen and oxygen atoms in total. The molecule has 0 saturated heterocycles. The number of hydrogen-bond acceptors (Lipinski definition) is 4. The van der Waals surface area contributed by atoms with Crippen molar-refractivity contribution < 1.29 is 4.39 Å². The molecule has 0 aliphatic carbocycles. The minimum Gasteiger partial charge on any atom is -0.368 e. The molecule has 1 heterocycles. The lowest BCUT2D eigenvalue weighted by molar-refractivity contribution is 0.627. The number of nitrogens with zero attached hydrogens (tertiary/aromatic N) is 2. The van der Waals surface area contributed by atoms with Gasteiger partial charge in [-0.3, -0.25) is 0 Å². The van der Waals surface area contributed by atoms with Gasteiger partial charge in [-0.25, -0.2) is 14.4 Å². The summed E-state index contributed by atoms with van der Waals surface area (Å²) in [6, 6.07) is 8.03. The second-order valence-corrected chi connectivity index (χ2v) is 5.45. The van der Waals surface area contributed by atoms with Crippen molar-refractivity contribution in [2.75, 3.05) is 5.73 Å². The van der Waals surface area contributed by atoms with E-state index in [1.165, 1.54) is 23.9 Å². The van der Waals surface area contributed by atoms with Crippen LogP contribution in [0.15, 0.2) is 35.4 Å². The van der Waals surface area contributed by atoms with Gasteiger partial charge >= 0.3 is 0 Å². The first-order valence-electron chi connectivity index (χ1n) is 5.27. The number of thioether (sulfide) groups is 1. The summed E-state index contributed by atoms with van der Waals surface area (Å²) in [7, 11) is 0. The highest BCUT2D eigenvalue weighted by molar-refractivity contribution is 7.99.